The quantitative estimate of drug-likeness (QED) is 0.681. The van der Waals surface area contributed by atoms with Crippen LogP contribution in [0.1, 0.15) is 0 Å². The van der Waals surface area contributed by atoms with Gasteiger partial charge in [0.2, 0.25) is 0 Å². The summed E-state index contributed by atoms with van der Waals surface area (Å²) in [6, 6.07) is 7.38. The summed E-state index contributed by atoms with van der Waals surface area (Å²) < 4.78 is 11.4. The van der Waals surface area contributed by atoms with Gasteiger partial charge in [-0.1, -0.05) is 12.1 Å². The van der Waals surface area contributed by atoms with Gasteiger partial charge in [0.15, 0.2) is 11.5 Å². The Labute approximate surface area is 146 Å². The van der Waals surface area contributed by atoms with Crippen LogP contribution in [0, 0.1) is 0 Å². The Kier molecular flexibility index (Phi) is 5.72. The van der Waals surface area contributed by atoms with Crippen molar-refractivity contribution in [2.24, 2.45) is 5.73 Å². The molecule has 136 valence electrons. The molecule has 2 aliphatic rings. The molecule has 3 N–H and O–H groups in total. The van der Waals surface area contributed by atoms with Crippen LogP contribution >= 0.6 is 0 Å². The van der Waals surface area contributed by atoms with E-state index in [0.717, 1.165) is 19.6 Å². The van der Waals surface area contributed by atoms with Gasteiger partial charge in [-0.2, -0.15) is 0 Å². The molecule has 2 aliphatic heterocycles. The van der Waals surface area contributed by atoms with Crippen molar-refractivity contribution < 1.29 is 19.1 Å². The van der Waals surface area contributed by atoms with E-state index in [4.69, 9.17) is 15.2 Å². The number of benzene rings is 1. The highest BCUT2D eigenvalue weighted by atomic mass is 16.6. The van der Waals surface area contributed by atoms with Gasteiger partial charge in [-0.05, 0) is 12.1 Å². The predicted molar refractivity (Wildman–Crippen MR) is 91.4 cm³/mol. The molecular weight excluding hydrogens is 324 g/mol. The molecule has 2 amide bonds. The molecule has 8 nitrogen and oxygen atoms in total. The van der Waals surface area contributed by atoms with Gasteiger partial charge in [0.05, 0.1) is 6.54 Å². The van der Waals surface area contributed by atoms with E-state index in [9.17, 15) is 9.59 Å². The van der Waals surface area contributed by atoms with E-state index in [1.165, 1.54) is 0 Å². The Morgan fingerprint density at radius 1 is 1.16 bits per heavy atom. The van der Waals surface area contributed by atoms with Crippen LogP contribution in [0.2, 0.25) is 0 Å². The Morgan fingerprint density at radius 2 is 1.88 bits per heavy atom. The third kappa shape index (κ3) is 4.40. The summed E-state index contributed by atoms with van der Waals surface area (Å²) in [4.78, 5) is 28.1. The zero-order chi connectivity index (χ0) is 17.6. The number of para-hydroxylation sites is 2. The highest BCUT2D eigenvalue weighted by Crippen LogP contribution is 2.30. The van der Waals surface area contributed by atoms with Crippen LogP contribution in [0.4, 0.5) is 0 Å². The minimum Gasteiger partial charge on any atom is -0.486 e. The van der Waals surface area contributed by atoms with Crippen molar-refractivity contribution in [2.45, 2.75) is 6.10 Å². The fourth-order valence-corrected chi connectivity index (χ4v) is 2.95. The number of carbonyl (C=O) groups excluding carboxylic acids is 2. The molecule has 1 fully saturated rings. The van der Waals surface area contributed by atoms with Crippen molar-refractivity contribution in [1.29, 1.82) is 0 Å². The standard InChI is InChI=1S/C17H24N4O4/c18-5-6-20-7-9-21(10-8-20)17(23)16(22)19-11-13-12-24-14-3-1-2-4-15(14)25-13/h1-4,13H,5-12,18H2,(H,19,22). The van der Waals surface area contributed by atoms with Crippen molar-refractivity contribution in [2.75, 3.05) is 52.4 Å². The lowest BCUT2D eigenvalue weighted by Crippen LogP contribution is -2.54. The van der Waals surface area contributed by atoms with E-state index in [2.05, 4.69) is 10.2 Å². The lowest BCUT2D eigenvalue weighted by molar-refractivity contribution is -0.147. The number of ether oxygens (including phenoxy) is 2. The van der Waals surface area contributed by atoms with E-state index < -0.39 is 11.8 Å². The normalized spacial score (nSPS) is 20.2. The molecule has 1 atom stereocenters. The molecule has 0 aliphatic carbocycles. The van der Waals surface area contributed by atoms with Gasteiger partial charge in [-0.3, -0.25) is 14.5 Å². The lowest BCUT2D eigenvalue weighted by atomic mass is 10.2. The largest absolute Gasteiger partial charge is 0.486 e. The lowest BCUT2D eigenvalue weighted by Gasteiger charge is -2.34. The number of piperazine rings is 1. The molecule has 3 rings (SSSR count). The SMILES string of the molecule is NCCN1CCN(C(=O)C(=O)NCC2COc3ccccc3O2)CC1. The number of fused-ring (bicyclic) bond motifs is 1. The summed E-state index contributed by atoms with van der Waals surface area (Å²) >= 11 is 0. The number of hydrogen-bond donors (Lipinski definition) is 2. The third-order valence-corrected chi connectivity index (χ3v) is 4.36. The average molecular weight is 348 g/mol. The van der Waals surface area contributed by atoms with Gasteiger partial charge >= 0.3 is 11.8 Å². The van der Waals surface area contributed by atoms with Crippen LogP contribution in [0.3, 0.4) is 0 Å². The molecule has 0 bridgehead atoms. The molecule has 0 spiro atoms. The van der Waals surface area contributed by atoms with E-state index in [1.807, 2.05) is 24.3 Å². The van der Waals surface area contributed by atoms with E-state index in [-0.39, 0.29) is 12.6 Å². The van der Waals surface area contributed by atoms with Crippen molar-refractivity contribution in [3.8, 4) is 11.5 Å². The predicted octanol–water partition coefficient (Wildman–Crippen LogP) is -0.954. The van der Waals surface area contributed by atoms with Gasteiger partial charge in [0, 0.05) is 39.3 Å². The molecule has 1 saturated heterocycles. The monoisotopic (exact) mass is 348 g/mol. The molecule has 0 saturated carbocycles. The highest BCUT2D eigenvalue weighted by molar-refractivity contribution is 6.35. The maximum absolute atomic E-state index is 12.2. The average Bonchev–Trinajstić information content (AvgIpc) is 2.66. The fraction of sp³-hybridized carbons (Fsp3) is 0.529. The maximum Gasteiger partial charge on any atom is 0.311 e. The highest BCUT2D eigenvalue weighted by Gasteiger charge is 2.27. The molecule has 0 radical (unpaired) electrons. The minimum atomic E-state index is -0.602. The third-order valence-electron chi connectivity index (χ3n) is 4.36. The Bertz CT molecular complexity index is 616. The van der Waals surface area contributed by atoms with Crippen molar-refractivity contribution in [3.63, 3.8) is 0 Å². The summed E-state index contributed by atoms with van der Waals surface area (Å²) in [7, 11) is 0. The first-order chi connectivity index (χ1) is 12.2. The molecule has 8 heteroatoms. The molecule has 1 aromatic rings. The van der Waals surface area contributed by atoms with Crippen molar-refractivity contribution in [3.05, 3.63) is 24.3 Å². The number of nitrogens with zero attached hydrogens (tertiary/aromatic N) is 2. The number of carbonyl (C=O) groups is 2. The van der Waals surface area contributed by atoms with Crippen LogP contribution in [0.5, 0.6) is 11.5 Å². The molecular formula is C17H24N4O4. The van der Waals surface area contributed by atoms with Gasteiger partial charge in [0.1, 0.15) is 12.7 Å². The zero-order valence-electron chi connectivity index (χ0n) is 14.1. The molecule has 25 heavy (non-hydrogen) atoms. The van der Waals surface area contributed by atoms with Crippen LogP contribution in [0.15, 0.2) is 24.3 Å². The van der Waals surface area contributed by atoms with Gasteiger partial charge in [-0.15, -0.1) is 0 Å². The molecule has 0 aromatic heterocycles. The van der Waals surface area contributed by atoms with Crippen LogP contribution in [-0.2, 0) is 9.59 Å². The summed E-state index contributed by atoms with van der Waals surface area (Å²) in [6.07, 6.45) is -0.312. The van der Waals surface area contributed by atoms with E-state index in [1.54, 1.807) is 4.90 Å². The Balaban J connectivity index is 1.43. The molecule has 2 heterocycles. The maximum atomic E-state index is 12.2. The number of rotatable bonds is 4. The summed E-state index contributed by atoms with van der Waals surface area (Å²) in [5.74, 6) is 0.242. The molecule has 1 aromatic carbocycles. The minimum absolute atomic E-state index is 0.228. The van der Waals surface area contributed by atoms with E-state index in [0.29, 0.717) is 37.7 Å². The summed E-state index contributed by atoms with van der Waals surface area (Å²) in [5.41, 5.74) is 5.53. The second kappa shape index (κ2) is 8.17. The zero-order valence-corrected chi connectivity index (χ0v) is 14.1. The first-order valence-corrected chi connectivity index (χ1v) is 8.55. The van der Waals surface area contributed by atoms with Crippen LogP contribution < -0.4 is 20.5 Å². The topological polar surface area (TPSA) is 97.1 Å². The van der Waals surface area contributed by atoms with Gasteiger partial charge in [-0.25, -0.2) is 0 Å². The second-order valence-corrected chi connectivity index (χ2v) is 6.13. The van der Waals surface area contributed by atoms with Gasteiger partial charge in [0.25, 0.3) is 0 Å². The number of hydrogen-bond acceptors (Lipinski definition) is 6. The van der Waals surface area contributed by atoms with Gasteiger partial charge < -0.3 is 25.4 Å². The van der Waals surface area contributed by atoms with Crippen molar-refractivity contribution in [1.82, 2.24) is 15.1 Å². The number of amides is 2. The Morgan fingerprint density at radius 3 is 2.60 bits per heavy atom. The van der Waals surface area contributed by atoms with Crippen LogP contribution in [0.25, 0.3) is 0 Å². The first kappa shape index (κ1) is 17.5. The fourth-order valence-electron chi connectivity index (χ4n) is 2.95. The first-order valence-electron chi connectivity index (χ1n) is 8.55. The Hall–Kier alpha value is -2.32. The van der Waals surface area contributed by atoms with E-state index >= 15 is 0 Å². The van der Waals surface area contributed by atoms with Crippen molar-refractivity contribution >= 4 is 11.8 Å². The van der Waals surface area contributed by atoms with Crippen LogP contribution in [-0.4, -0.2) is 80.1 Å². The molecule has 1 unspecified atom stereocenters. The summed E-state index contributed by atoms with van der Waals surface area (Å²) in [5, 5.41) is 2.65. The number of nitrogens with one attached hydrogen (secondary N) is 1. The summed E-state index contributed by atoms with van der Waals surface area (Å²) in [6.45, 7) is 4.55. The number of nitrogens with two attached hydrogens (primary N) is 1. The second-order valence-electron chi connectivity index (χ2n) is 6.13. The smallest absolute Gasteiger partial charge is 0.311 e.